The summed E-state index contributed by atoms with van der Waals surface area (Å²) >= 11 is 0. The third kappa shape index (κ3) is 3.44. The molecule has 1 heterocycles. The number of hydrogen-bond acceptors (Lipinski definition) is 4. The van der Waals surface area contributed by atoms with Crippen molar-refractivity contribution in [3.05, 3.63) is 42.2 Å². The van der Waals surface area contributed by atoms with Gasteiger partial charge in [-0.25, -0.2) is 0 Å². The number of amides is 1. The van der Waals surface area contributed by atoms with Gasteiger partial charge in [-0.3, -0.25) is 14.7 Å². The summed E-state index contributed by atoms with van der Waals surface area (Å²) in [7, 11) is 1.32. The van der Waals surface area contributed by atoms with Gasteiger partial charge in [0.2, 0.25) is 0 Å². The number of benzene rings is 1. The molecule has 1 aromatic heterocycles. The van der Waals surface area contributed by atoms with Gasteiger partial charge in [0.15, 0.2) is 0 Å². The molecule has 104 valence electrons. The Kier molecular flexibility index (Phi) is 4.49. The van der Waals surface area contributed by atoms with Crippen LogP contribution in [0.1, 0.15) is 16.8 Å². The van der Waals surface area contributed by atoms with Gasteiger partial charge in [-0.15, -0.1) is 0 Å². The second kappa shape index (κ2) is 6.51. The summed E-state index contributed by atoms with van der Waals surface area (Å²) in [6, 6.07) is 7.20. The molecule has 2 N–H and O–H groups in total. The van der Waals surface area contributed by atoms with Crippen LogP contribution in [0.15, 0.2) is 36.7 Å². The first-order valence-corrected chi connectivity index (χ1v) is 6.15. The number of rotatable bonds is 5. The molecular formula is C14H15N3O3. The van der Waals surface area contributed by atoms with Gasteiger partial charge in [0, 0.05) is 23.9 Å². The van der Waals surface area contributed by atoms with Gasteiger partial charge >= 0.3 is 5.97 Å². The van der Waals surface area contributed by atoms with Crippen molar-refractivity contribution in [3.8, 4) is 11.1 Å². The molecule has 6 heteroatoms. The van der Waals surface area contributed by atoms with Crippen LogP contribution in [-0.2, 0) is 9.53 Å². The van der Waals surface area contributed by atoms with E-state index in [9.17, 15) is 9.59 Å². The molecule has 0 saturated carbocycles. The highest BCUT2D eigenvalue weighted by atomic mass is 16.5. The average molecular weight is 273 g/mol. The lowest BCUT2D eigenvalue weighted by Crippen LogP contribution is -2.26. The third-order valence-electron chi connectivity index (χ3n) is 2.80. The number of nitrogens with one attached hydrogen (secondary N) is 2. The lowest BCUT2D eigenvalue weighted by atomic mass is 10.1. The van der Waals surface area contributed by atoms with Gasteiger partial charge in [-0.05, 0) is 17.7 Å². The number of hydrogen-bond donors (Lipinski definition) is 2. The van der Waals surface area contributed by atoms with Crippen LogP contribution in [0.2, 0.25) is 0 Å². The normalized spacial score (nSPS) is 10.1. The Balaban J connectivity index is 2.00. The monoisotopic (exact) mass is 273 g/mol. The largest absolute Gasteiger partial charge is 0.469 e. The van der Waals surface area contributed by atoms with Crippen molar-refractivity contribution in [2.24, 2.45) is 0 Å². The van der Waals surface area contributed by atoms with Crippen molar-refractivity contribution in [2.75, 3.05) is 13.7 Å². The molecule has 6 nitrogen and oxygen atoms in total. The molecule has 0 aliphatic heterocycles. The second-order valence-corrected chi connectivity index (χ2v) is 4.15. The minimum atomic E-state index is -0.350. The SMILES string of the molecule is COC(=O)CCNC(=O)c1cccc(-c2cn[nH]c2)c1. The van der Waals surface area contributed by atoms with E-state index in [0.29, 0.717) is 5.56 Å². The maximum Gasteiger partial charge on any atom is 0.307 e. The minimum Gasteiger partial charge on any atom is -0.469 e. The van der Waals surface area contributed by atoms with Crippen LogP contribution >= 0.6 is 0 Å². The molecule has 0 radical (unpaired) electrons. The number of ether oxygens (including phenoxy) is 1. The molecule has 0 bridgehead atoms. The molecule has 0 aliphatic rings. The van der Waals surface area contributed by atoms with Crippen molar-refractivity contribution >= 4 is 11.9 Å². The van der Waals surface area contributed by atoms with E-state index in [1.165, 1.54) is 7.11 Å². The van der Waals surface area contributed by atoms with Gasteiger partial charge in [-0.2, -0.15) is 5.10 Å². The molecule has 0 spiro atoms. The smallest absolute Gasteiger partial charge is 0.307 e. The zero-order valence-corrected chi connectivity index (χ0v) is 11.1. The predicted molar refractivity (Wildman–Crippen MR) is 73.0 cm³/mol. The first-order chi connectivity index (χ1) is 9.70. The zero-order valence-electron chi connectivity index (χ0n) is 11.1. The Labute approximate surface area is 116 Å². The van der Waals surface area contributed by atoms with E-state index in [-0.39, 0.29) is 24.8 Å². The fourth-order valence-electron chi connectivity index (χ4n) is 1.73. The molecule has 0 saturated heterocycles. The van der Waals surface area contributed by atoms with E-state index < -0.39 is 0 Å². The topological polar surface area (TPSA) is 84.1 Å². The molecule has 1 amide bonds. The van der Waals surface area contributed by atoms with Crippen LogP contribution < -0.4 is 5.32 Å². The Bertz CT molecular complexity index is 593. The highest BCUT2D eigenvalue weighted by Crippen LogP contribution is 2.18. The van der Waals surface area contributed by atoms with Crippen LogP contribution in [0.4, 0.5) is 0 Å². The summed E-state index contributed by atoms with van der Waals surface area (Å²) in [6.07, 6.45) is 3.60. The van der Waals surface area contributed by atoms with Crippen LogP contribution in [0.3, 0.4) is 0 Å². The van der Waals surface area contributed by atoms with Gasteiger partial charge < -0.3 is 10.1 Å². The van der Waals surface area contributed by atoms with Crippen molar-refractivity contribution in [1.82, 2.24) is 15.5 Å². The van der Waals surface area contributed by atoms with Gasteiger partial charge in [0.1, 0.15) is 0 Å². The molecule has 0 atom stereocenters. The number of carbonyl (C=O) groups excluding carboxylic acids is 2. The van der Waals surface area contributed by atoms with E-state index in [1.54, 1.807) is 30.6 Å². The van der Waals surface area contributed by atoms with Crippen LogP contribution in [0.25, 0.3) is 11.1 Å². The maximum absolute atomic E-state index is 11.9. The number of aromatic nitrogens is 2. The number of aromatic amines is 1. The van der Waals surface area contributed by atoms with Crippen molar-refractivity contribution in [3.63, 3.8) is 0 Å². The van der Waals surface area contributed by atoms with Gasteiger partial charge in [0.05, 0.1) is 19.7 Å². The Morgan fingerprint density at radius 3 is 2.90 bits per heavy atom. The first-order valence-electron chi connectivity index (χ1n) is 6.15. The standard InChI is InChI=1S/C14H15N3O3/c1-20-13(18)5-6-15-14(19)11-4-2-3-10(7-11)12-8-16-17-9-12/h2-4,7-9H,5-6H2,1H3,(H,15,19)(H,16,17). The minimum absolute atomic E-state index is 0.156. The summed E-state index contributed by atoms with van der Waals surface area (Å²) < 4.78 is 4.51. The number of carbonyl (C=O) groups is 2. The van der Waals surface area contributed by atoms with Crippen molar-refractivity contribution < 1.29 is 14.3 Å². The number of esters is 1. The fourth-order valence-corrected chi connectivity index (χ4v) is 1.73. The summed E-state index contributed by atoms with van der Waals surface area (Å²) in [5, 5.41) is 9.28. The lowest BCUT2D eigenvalue weighted by Gasteiger charge is -2.05. The van der Waals surface area contributed by atoms with E-state index in [4.69, 9.17) is 0 Å². The molecule has 1 aromatic carbocycles. The Morgan fingerprint density at radius 2 is 2.20 bits per heavy atom. The summed E-state index contributed by atoms with van der Waals surface area (Å²) in [4.78, 5) is 22.9. The Hall–Kier alpha value is -2.63. The van der Waals surface area contributed by atoms with E-state index in [0.717, 1.165) is 11.1 Å². The summed E-state index contributed by atoms with van der Waals surface area (Å²) in [5.41, 5.74) is 2.35. The van der Waals surface area contributed by atoms with E-state index >= 15 is 0 Å². The predicted octanol–water partition coefficient (Wildman–Crippen LogP) is 1.37. The number of H-pyrrole nitrogens is 1. The second-order valence-electron chi connectivity index (χ2n) is 4.15. The Morgan fingerprint density at radius 1 is 1.35 bits per heavy atom. The lowest BCUT2D eigenvalue weighted by molar-refractivity contribution is -0.140. The van der Waals surface area contributed by atoms with Crippen LogP contribution in [0, 0.1) is 0 Å². The van der Waals surface area contributed by atoms with Crippen LogP contribution in [0.5, 0.6) is 0 Å². The average Bonchev–Trinajstić information content (AvgIpc) is 3.01. The fraction of sp³-hybridized carbons (Fsp3) is 0.214. The van der Waals surface area contributed by atoms with Gasteiger partial charge in [0.25, 0.3) is 5.91 Å². The van der Waals surface area contributed by atoms with Crippen molar-refractivity contribution in [2.45, 2.75) is 6.42 Å². The molecule has 0 aliphatic carbocycles. The third-order valence-corrected chi connectivity index (χ3v) is 2.80. The molecule has 0 fully saturated rings. The molecule has 2 aromatic rings. The highest BCUT2D eigenvalue weighted by molar-refractivity contribution is 5.95. The van der Waals surface area contributed by atoms with Crippen LogP contribution in [-0.4, -0.2) is 35.7 Å². The molecular weight excluding hydrogens is 258 g/mol. The quantitative estimate of drug-likeness (QED) is 0.806. The van der Waals surface area contributed by atoms with E-state index in [1.807, 2.05) is 6.07 Å². The summed E-state index contributed by atoms with van der Waals surface area (Å²) in [6.45, 7) is 0.251. The highest BCUT2D eigenvalue weighted by Gasteiger charge is 2.08. The van der Waals surface area contributed by atoms with E-state index in [2.05, 4.69) is 20.3 Å². The maximum atomic E-state index is 11.9. The van der Waals surface area contributed by atoms with Gasteiger partial charge in [-0.1, -0.05) is 12.1 Å². The number of methoxy groups -OCH3 is 1. The molecule has 2 rings (SSSR count). The molecule has 0 unspecified atom stereocenters. The van der Waals surface area contributed by atoms with Crippen molar-refractivity contribution in [1.29, 1.82) is 0 Å². The first kappa shape index (κ1) is 13.8. The molecule has 20 heavy (non-hydrogen) atoms. The zero-order chi connectivity index (χ0) is 14.4. The number of nitrogens with zero attached hydrogens (tertiary/aromatic N) is 1. The summed E-state index contributed by atoms with van der Waals surface area (Å²) in [5.74, 6) is -0.573.